The van der Waals surface area contributed by atoms with Crippen molar-refractivity contribution in [1.29, 1.82) is 0 Å². The van der Waals surface area contributed by atoms with Gasteiger partial charge in [-0.25, -0.2) is 9.97 Å². The predicted octanol–water partition coefficient (Wildman–Crippen LogP) is 6.80. The third-order valence-electron chi connectivity index (χ3n) is 5.37. The standard InChI is InChI=1S/C26H21ClN4O/c1-32-22-9-2-5-17(13-22)18-10-11-24-23(14-18)26(29-21-8-3-7-20(27)15-21)31-25(30-24)19-6-4-12-28-16-19/h3-8,10-16H,2,9H2,1H3,(H,29,30,31). The fourth-order valence-corrected chi connectivity index (χ4v) is 3.96. The highest BCUT2D eigenvalue weighted by atomic mass is 35.5. The molecule has 0 amide bonds. The zero-order valence-electron chi connectivity index (χ0n) is 17.5. The first kappa shape index (κ1) is 20.2. The number of methoxy groups -OCH3 is 1. The van der Waals surface area contributed by atoms with Crippen LogP contribution in [0.4, 0.5) is 11.5 Å². The summed E-state index contributed by atoms with van der Waals surface area (Å²) < 4.78 is 5.47. The van der Waals surface area contributed by atoms with Gasteiger partial charge in [0.15, 0.2) is 5.82 Å². The highest BCUT2D eigenvalue weighted by Crippen LogP contribution is 2.32. The van der Waals surface area contributed by atoms with Gasteiger partial charge in [-0.1, -0.05) is 29.8 Å². The number of allylic oxidation sites excluding steroid dienone is 4. The van der Waals surface area contributed by atoms with E-state index in [0.29, 0.717) is 16.7 Å². The van der Waals surface area contributed by atoms with Crippen LogP contribution in [0.5, 0.6) is 0 Å². The van der Waals surface area contributed by atoms with Gasteiger partial charge in [-0.15, -0.1) is 0 Å². The first-order chi connectivity index (χ1) is 15.7. The van der Waals surface area contributed by atoms with Gasteiger partial charge in [0.25, 0.3) is 0 Å². The average Bonchev–Trinajstić information content (AvgIpc) is 2.84. The van der Waals surface area contributed by atoms with Crippen molar-refractivity contribution in [2.75, 3.05) is 12.4 Å². The maximum Gasteiger partial charge on any atom is 0.163 e. The molecule has 0 bridgehead atoms. The van der Waals surface area contributed by atoms with Gasteiger partial charge in [0.05, 0.1) is 18.4 Å². The molecule has 0 spiro atoms. The quantitative estimate of drug-likeness (QED) is 0.370. The molecule has 1 N–H and O–H groups in total. The first-order valence-electron chi connectivity index (χ1n) is 10.4. The molecule has 5 nitrogen and oxygen atoms in total. The molecule has 0 atom stereocenters. The Balaban J connectivity index is 1.65. The molecule has 0 aliphatic heterocycles. The molecule has 32 heavy (non-hydrogen) atoms. The van der Waals surface area contributed by atoms with Gasteiger partial charge in [-0.3, -0.25) is 4.98 Å². The van der Waals surface area contributed by atoms with Gasteiger partial charge in [0.1, 0.15) is 5.82 Å². The van der Waals surface area contributed by atoms with Crippen LogP contribution < -0.4 is 5.32 Å². The molecule has 1 aliphatic carbocycles. The van der Waals surface area contributed by atoms with Crippen molar-refractivity contribution >= 4 is 39.6 Å². The summed E-state index contributed by atoms with van der Waals surface area (Å²) in [5.74, 6) is 2.31. The number of nitrogens with zero attached hydrogens (tertiary/aromatic N) is 3. The normalized spacial score (nSPS) is 13.4. The lowest BCUT2D eigenvalue weighted by molar-refractivity contribution is 0.277. The molecule has 4 aromatic rings. The molecule has 0 radical (unpaired) electrons. The number of aromatic nitrogens is 3. The minimum absolute atomic E-state index is 0.612. The lowest BCUT2D eigenvalue weighted by Gasteiger charge is -2.15. The van der Waals surface area contributed by atoms with Gasteiger partial charge in [-0.2, -0.15) is 0 Å². The van der Waals surface area contributed by atoms with E-state index < -0.39 is 0 Å². The second-order valence-electron chi connectivity index (χ2n) is 7.52. The van der Waals surface area contributed by atoms with Gasteiger partial charge in [0, 0.05) is 40.5 Å². The molecular formula is C26H21ClN4O. The summed E-state index contributed by atoms with van der Waals surface area (Å²) in [7, 11) is 1.72. The Bertz CT molecular complexity index is 1350. The van der Waals surface area contributed by atoms with Crippen LogP contribution in [0.3, 0.4) is 0 Å². The Kier molecular flexibility index (Phi) is 5.57. The molecule has 5 rings (SSSR count). The summed E-state index contributed by atoms with van der Waals surface area (Å²) in [4.78, 5) is 13.9. The topological polar surface area (TPSA) is 59.9 Å². The SMILES string of the molecule is COC1=CC(c2ccc3nc(-c4cccnc4)nc(Nc4cccc(Cl)c4)c3c2)=CCC1. The zero-order chi connectivity index (χ0) is 21.9. The molecular weight excluding hydrogens is 420 g/mol. The molecule has 0 saturated heterocycles. The van der Waals surface area contributed by atoms with Crippen LogP contribution in [-0.2, 0) is 4.74 Å². The Morgan fingerprint density at radius 3 is 2.75 bits per heavy atom. The number of ether oxygens (including phenoxy) is 1. The van der Waals surface area contributed by atoms with E-state index in [1.165, 1.54) is 0 Å². The zero-order valence-corrected chi connectivity index (χ0v) is 18.3. The van der Waals surface area contributed by atoms with Crippen LogP contribution in [0.25, 0.3) is 27.9 Å². The van der Waals surface area contributed by atoms with Crippen LogP contribution in [0.15, 0.2) is 84.9 Å². The molecule has 158 valence electrons. The molecule has 0 fully saturated rings. The summed E-state index contributed by atoms with van der Waals surface area (Å²) >= 11 is 6.20. The van der Waals surface area contributed by atoms with Gasteiger partial charge in [-0.05, 0) is 66.1 Å². The summed E-state index contributed by atoms with van der Waals surface area (Å²) in [5.41, 5.74) is 4.80. The smallest absolute Gasteiger partial charge is 0.163 e. The summed E-state index contributed by atoms with van der Waals surface area (Å²) in [6.07, 6.45) is 9.71. The maximum absolute atomic E-state index is 6.20. The van der Waals surface area contributed by atoms with E-state index in [1.807, 2.05) is 42.5 Å². The average molecular weight is 441 g/mol. The predicted molar refractivity (Wildman–Crippen MR) is 130 cm³/mol. The van der Waals surface area contributed by atoms with Crippen molar-refractivity contribution in [2.24, 2.45) is 0 Å². The number of benzene rings is 2. The van der Waals surface area contributed by atoms with E-state index in [4.69, 9.17) is 26.3 Å². The van der Waals surface area contributed by atoms with Crippen LogP contribution >= 0.6 is 11.6 Å². The van der Waals surface area contributed by atoms with Crippen LogP contribution in [0, 0.1) is 0 Å². The summed E-state index contributed by atoms with van der Waals surface area (Å²) in [5, 5.41) is 5.02. The molecule has 2 heterocycles. The summed E-state index contributed by atoms with van der Waals surface area (Å²) in [6, 6.07) is 17.7. The first-order valence-corrected chi connectivity index (χ1v) is 10.8. The molecule has 2 aromatic heterocycles. The summed E-state index contributed by atoms with van der Waals surface area (Å²) in [6.45, 7) is 0. The Hall–Kier alpha value is -3.70. The van der Waals surface area contributed by atoms with Crippen molar-refractivity contribution in [2.45, 2.75) is 12.8 Å². The monoisotopic (exact) mass is 440 g/mol. The van der Waals surface area contributed by atoms with Gasteiger partial charge >= 0.3 is 0 Å². The lowest BCUT2D eigenvalue weighted by atomic mass is 9.97. The molecule has 2 aromatic carbocycles. The van der Waals surface area contributed by atoms with E-state index in [1.54, 1.807) is 19.5 Å². The minimum atomic E-state index is 0.612. The van der Waals surface area contributed by atoms with Crippen molar-refractivity contribution in [1.82, 2.24) is 15.0 Å². The largest absolute Gasteiger partial charge is 0.501 e. The highest BCUT2D eigenvalue weighted by molar-refractivity contribution is 6.30. The lowest BCUT2D eigenvalue weighted by Crippen LogP contribution is -2.01. The number of hydrogen-bond donors (Lipinski definition) is 1. The molecule has 6 heteroatoms. The van der Waals surface area contributed by atoms with Crippen molar-refractivity contribution < 1.29 is 4.74 Å². The molecule has 0 saturated carbocycles. The second kappa shape index (κ2) is 8.81. The Morgan fingerprint density at radius 1 is 1.00 bits per heavy atom. The van der Waals surface area contributed by atoms with Crippen molar-refractivity contribution in [3.63, 3.8) is 0 Å². The van der Waals surface area contributed by atoms with E-state index in [2.05, 4.69) is 34.6 Å². The highest BCUT2D eigenvalue weighted by Gasteiger charge is 2.14. The van der Waals surface area contributed by atoms with Crippen molar-refractivity contribution in [3.8, 4) is 11.4 Å². The van der Waals surface area contributed by atoms with E-state index in [0.717, 1.165) is 51.9 Å². The Morgan fingerprint density at radius 2 is 1.94 bits per heavy atom. The van der Waals surface area contributed by atoms with Crippen molar-refractivity contribution in [3.05, 3.63) is 95.5 Å². The van der Waals surface area contributed by atoms with E-state index in [9.17, 15) is 0 Å². The molecule has 0 unspecified atom stereocenters. The maximum atomic E-state index is 6.20. The third-order valence-corrected chi connectivity index (χ3v) is 5.60. The van der Waals surface area contributed by atoms with Crippen LogP contribution in [0.2, 0.25) is 5.02 Å². The minimum Gasteiger partial charge on any atom is -0.501 e. The van der Waals surface area contributed by atoms with Gasteiger partial charge < -0.3 is 10.1 Å². The van der Waals surface area contributed by atoms with Gasteiger partial charge in [0.2, 0.25) is 0 Å². The third kappa shape index (κ3) is 4.20. The van der Waals surface area contributed by atoms with E-state index >= 15 is 0 Å². The fourth-order valence-electron chi connectivity index (χ4n) is 3.77. The number of rotatable bonds is 5. The number of halogens is 1. The molecule has 1 aliphatic rings. The Labute approximate surface area is 191 Å². The van der Waals surface area contributed by atoms with Crippen LogP contribution in [-0.4, -0.2) is 22.1 Å². The van der Waals surface area contributed by atoms with E-state index in [-0.39, 0.29) is 0 Å². The number of anilines is 2. The number of pyridine rings is 1. The number of fused-ring (bicyclic) bond motifs is 1. The second-order valence-corrected chi connectivity index (χ2v) is 7.95. The number of nitrogens with one attached hydrogen (secondary N) is 1. The number of hydrogen-bond acceptors (Lipinski definition) is 5. The fraction of sp³-hybridized carbons (Fsp3) is 0.115. The van der Waals surface area contributed by atoms with Crippen LogP contribution in [0.1, 0.15) is 18.4 Å².